The van der Waals surface area contributed by atoms with Crippen molar-refractivity contribution in [1.82, 2.24) is 4.98 Å². The number of H-pyrrole nitrogens is 1. The molecule has 2 nitrogen and oxygen atoms in total. The minimum atomic E-state index is -0.328. The summed E-state index contributed by atoms with van der Waals surface area (Å²) in [6.07, 6.45) is 5.94. The number of hydrogen-bond donors (Lipinski definition) is 2. The van der Waals surface area contributed by atoms with E-state index in [0.717, 1.165) is 29.3 Å². The van der Waals surface area contributed by atoms with Crippen LogP contribution >= 0.6 is 0 Å². The van der Waals surface area contributed by atoms with Gasteiger partial charge >= 0.3 is 0 Å². The number of unbranched alkanes of at least 4 members (excludes halogenated alkanes) is 2. The van der Waals surface area contributed by atoms with Gasteiger partial charge in [0, 0.05) is 17.1 Å². The number of aliphatic hydroxyl groups excluding tert-OH is 1. The Hall–Kier alpha value is -1.28. The lowest BCUT2D eigenvalue weighted by molar-refractivity contribution is 0.165. The van der Waals surface area contributed by atoms with Crippen molar-refractivity contribution in [2.45, 2.75) is 38.7 Å². The van der Waals surface area contributed by atoms with E-state index in [1.807, 2.05) is 30.5 Å². The summed E-state index contributed by atoms with van der Waals surface area (Å²) in [7, 11) is 0. The number of hydrogen-bond acceptors (Lipinski definition) is 1. The van der Waals surface area contributed by atoms with Crippen LogP contribution in [0.2, 0.25) is 0 Å². The molecule has 1 aromatic carbocycles. The van der Waals surface area contributed by atoms with Crippen LogP contribution in [0, 0.1) is 0 Å². The van der Waals surface area contributed by atoms with Crippen molar-refractivity contribution >= 4 is 10.9 Å². The fourth-order valence-corrected chi connectivity index (χ4v) is 2.14. The summed E-state index contributed by atoms with van der Waals surface area (Å²) in [5, 5.41) is 11.3. The van der Waals surface area contributed by atoms with Gasteiger partial charge in [0.15, 0.2) is 0 Å². The zero-order chi connectivity index (χ0) is 11.4. The van der Waals surface area contributed by atoms with Crippen molar-refractivity contribution in [3.05, 3.63) is 36.0 Å². The maximum Gasteiger partial charge on any atom is 0.0796 e. The Bertz CT molecular complexity index is 447. The van der Waals surface area contributed by atoms with Crippen LogP contribution in [-0.2, 0) is 0 Å². The molecule has 0 aliphatic heterocycles. The van der Waals surface area contributed by atoms with Crippen LogP contribution in [0.25, 0.3) is 10.9 Å². The molecule has 86 valence electrons. The maximum absolute atomic E-state index is 10.1. The van der Waals surface area contributed by atoms with Gasteiger partial charge in [-0.25, -0.2) is 0 Å². The van der Waals surface area contributed by atoms with E-state index in [0.29, 0.717) is 0 Å². The van der Waals surface area contributed by atoms with Crippen molar-refractivity contribution in [2.24, 2.45) is 0 Å². The van der Waals surface area contributed by atoms with Crippen LogP contribution in [-0.4, -0.2) is 10.1 Å². The van der Waals surface area contributed by atoms with Crippen molar-refractivity contribution < 1.29 is 5.11 Å². The number of nitrogens with one attached hydrogen (secondary N) is 1. The normalized spacial score (nSPS) is 13.1. The summed E-state index contributed by atoms with van der Waals surface area (Å²) >= 11 is 0. The highest BCUT2D eigenvalue weighted by Crippen LogP contribution is 2.26. The van der Waals surface area contributed by atoms with Gasteiger partial charge in [0.2, 0.25) is 0 Å². The molecule has 0 saturated heterocycles. The zero-order valence-corrected chi connectivity index (χ0v) is 9.74. The average Bonchev–Trinajstić information content (AvgIpc) is 2.76. The fraction of sp³-hybridized carbons (Fsp3) is 0.429. The molecule has 1 unspecified atom stereocenters. The maximum atomic E-state index is 10.1. The molecule has 0 fully saturated rings. The molecule has 2 heteroatoms. The lowest BCUT2D eigenvalue weighted by atomic mass is 10.00. The Morgan fingerprint density at radius 3 is 2.94 bits per heavy atom. The Morgan fingerprint density at radius 2 is 2.12 bits per heavy atom. The summed E-state index contributed by atoms with van der Waals surface area (Å²) in [5.41, 5.74) is 2.15. The lowest BCUT2D eigenvalue weighted by Crippen LogP contribution is -1.97. The number of benzene rings is 1. The molecule has 1 atom stereocenters. The van der Waals surface area contributed by atoms with Crippen LogP contribution in [0.15, 0.2) is 30.5 Å². The molecule has 0 bridgehead atoms. The second kappa shape index (κ2) is 5.17. The minimum Gasteiger partial charge on any atom is -0.388 e. The summed E-state index contributed by atoms with van der Waals surface area (Å²) in [6.45, 7) is 2.18. The molecular formula is C14H19NO. The topological polar surface area (TPSA) is 36.0 Å². The van der Waals surface area contributed by atoms with E-state index in [-0.39, 0.29) is 6.10 Å². The predicted molar refractivity (Wildman–Crippen MR) is 67.4 cm³/mol. The smallest absolute Gasteiger partial charge is 0.0796 e. The van der Waals surface area contributed by atoms with Crippen molar-refractivity contribution in [1.29, 1.82) is 0 Å². The average molecular weight is 217 g/mol. The summed E-state index contributed by atoms with van der Waals surface area (Å²) < 4.78 is 0. The van der Waals surface area contributed by atoms with Gasteiger partial charge < -0.3 is 10.1 Å². The van der Waals surface area contributed by atoms with Gasteiger partial charge in [-0.1, -0.05) is 38.3 Å². The molecule has 1 heterocycles. The van der Waals surface area contributed by atoms with Gasteiger partial charge in [0.25, 0.3) is 0 Å². The summed E-state index contributed by atoms with van der Waals surface area (Å²) in [4.78, 5) is 3.17. The second-order valence-corrected chi connectivity index (χ2v) is 4.30. The minimum absolute atomic E-state index is 0.328. The lowest BCUT2D eigenvalue weighted by Gasteiger charge is -2.11. The molecule has 0 spiro atoms. The van der Waals surface area contributed by atoms with E-state index in [1.165, 1.54) is 12.8 Å². The Morgan fingerprint density at radius 1 is 1.25 bits per heavy atom. The zero-order valence-electron chi connectivity index (χ0n) is 9.74. The number of aromatic amines is 1. The monoisotopic (exact) mass is 217 g/mol. The first kappa shape index (κ1) is 11.2. The quantitative estimate of drug-likeness (QED) is 0.734. The van der Waals surface area contributed by atoms with Gasteiger partial charge in [-0.05, 0) is 24.1 Å². The van der Waals surface area contributed by atoms with Crippen LogP contribution in [0.1, 0.15) is 44.3 Å². The van der Waals surface area contributed by atoms with Crippen molar-refractivity contribution in [3.63, 3.8) is 0 Å². The number of fused-ring (bicyclic) bond motifs is 1. The summed E-state index contributed by atoms with van der Waals surface area (Å²) in [5.74, 6) is 0. The van der Waals surface area contributed by atoms with E-state index in [2.05, 4.69) is 11.9 Å². The molecule has 2 rings (SSSR count). The molecule has 0 aliphatic rings. The van der Waals surface area contributed by atoms with Crippen molar-refractivity contribution in [2.75, 3.05) is 0 Å². The van der Waals surface area contributed by atoms with E-state index in [4.69, 9.17) is 0 Å². The first-order valence-electron chi connectivity index (χ1n) is 6.07. The molecule has 2 aromatic rings. The van der Waals surface area contributed by atoms with Gasteiger partial charge in [-0.2, -0.15) is 0 Å². The first-order chi connectivity index (χ1) is 7.83. The predicted octanol–water partition coefficient (Wildman–Crippen LogP) is 3.78. The largest absolute Gasteiger partial charge is 0.388 e. The Kier molecular flexibility index (Phi) is 3.62. The highest BCUT2D eigenvalue weighted by atomic mass is 16.3. The standard InChI is InChI=1S/C14H19NO/c1-2-3-4-8-14(16)12-6-5-7-13-11(12)9-10-15-13/h5-7,9-10,14-16H,2-4,8H2,1H3. The van der Waals surface area contributed by atoms with E-state index in [1.54, 1.807) is 0 Å². The molecule has 0 saturated carbocycles. The van der Waals surface area contributed by atoms with Gasteiger partial charge in [0.1, 0.15) is 0 Å². The highest BCUT2D eigenvalue weighted by Gasteiger charge is 2.10. The third-order valence-corrected chi connectivity index (χ3v) is 3.07. The van der Waals surface area contributed by atoms with Crippen LogP contribution in [0.5, 0.6) is 0 Å². The fourth-order valence-electron chi connectivity index (χ4n) is 2.14. The van der Waals surface area contributed by atoms with E-state index < -0.39 is 0 Å². The molecule has 16 heavy (non-hydrogen) atoms. The van der Waals surface area contributed by atoms with E-state index >= 15 is 0 Å². The van der Waals surface area contributed by atoms with Crippen LogP contribution < -0.4 is 0 Å². The van der Waals surface area contributed by atoms with Crippen LogP contribution in [0.3, 0.4) is 0 Å². The molecule has 2 N–H and O–H groups in total. The third kappa shape index (κ3) is 2.27. The summed E-state index contributed by atoms with van der Waals surface area (Å²) in [6, 6.07) is 8.09. The Labute approximate surface area is 96.3 Å². The van der Waals surface area contributed by atoms with Gasteiger partial charge in [-0.15, -0.1) is 0 Å². The molecule has 0 aliphatic carbocycles. The highest BCUT2D eigenvalue weighted by molar-refractivity contribution is 5.83. The number of aliphatic hydroxyl groups is 1. The molecule has 1 aromatic heterocycles. The SMILES string of the molecule is CCCCCC(O)c1cccc2[nH]ccc12. The van der Waals surface area contributed by atoms with E-state index in [9.17, 15) is 5.11 Å². The van der Waals surface area contributed by atoms with Gasteiger partial charge in [0.05, 0.1) is 6.10 Å². The second-order valence-electron chi connectivity index (χ2n) is 4.30. The number of rotatable bonds is 5. The Balaban J connectivity index is 2.15. The molecule has 0 amide bonds. The molecular weight excluding hydrogens is 198 g/mol. The van der Waals surface area contributed by atoms with Gasteiger partial charge in [-0.3, -0.25) is 0 Å². The third-order valence-electron chi connectivity index (χ3n) is 3.07. The first-order valence-corrected chi connectivity index (χ1v) is 6.07. The van der Waals surface area contributed by atoms with Crippen LogP contribution in [0.4, 0.5) is 0 Å². The molecule has 0 radical (unpaired) electrons. The van der Waals surface area contributed by atoms with Crippen molar-refractivity contribution in [3.8, 4) is 0 Å². The number of aromatic nitrogens is 1.